The second-order valence-corrected chi connectivity index (χ2v) is 5.95. The van der Waals surface area contributed by atoms with Gasteiger partial charge in [0.2, 0.25) is 0 Å². The van der Waals surface area contributed by atoms with Crippen LogP contribution in [0, 0.1) is 17.0 Å². The molecule has 0 aromatic heterocycles. The summed E-state index contributed by atoms with van der Waals surface area (Å²) in [5, 5.41) is 13.1. The van der Waals surface area contributed by atoms with Crippen LogP contribution in [0.15, 0.2) is 17.0 Å². The lowest BCUT2D eigenvalue weighted by Crippen LogP contribution is -2.20. The number of nitro benzene ring substituents is 1. The first kappa shape index (κ1) is 14.4. The molecule has 0 aliphatic rings. The third kappa shape index (κ3) is 2.77. The monoisotopic (exact) mass is 292 g/mol. The molecule has 0 heterocycles. The van der Waals surface area contributed by atoms with E-state index in [4.69, 9.17) is 10.7 Å². The van der Waals surface area contributed by atoms with Crippen molar-refractivity contribution in [2.45, 2.75) is 11.8 Å². The summed E-state index contributed by atoms with van der Waals surface area (Å²) in [4.78, 5) is 21.1. The maximum Gasteiger partial charge on any atom is 0.274 e. The van der Waals surface area contributed by atoms with E-state index < -0.39 is 30.5 Å². The average Bonchev–Trinajstić information content (AvgIpc) is 2.26. The lowest BCUT2D eigenvalue weighted by Gasteiger charge is -2.07. The van der Waals surface area contributed by atoms with Crippen LogP contribution in [0.3, 0.4) is 0 Å². The summed E-state index contributed by atoms with van der Waals surface area (Å²) in [5.41, 5.74) is -0.510. The number of carbonyl (C=O) groups is 1. The van der Waals surface area contributed by atoms with Gasteiger partial charge in [-0.3, -0.25) is 14.9 Å². The number of halogens is 1. The summed E-state index contributed by atoms with van der Waals surface area (Å²) < 4.78 is 22.4. The van der Waals surface area contributed by atoms with Crippen LogP contribution >= 0.6 is 10.7 Å². The fourth-order valence-electron chi connectivity index (χ4n) is 1.37. The van der Waals surface area contributed by atoms with Crippen molar-refractivity contribution >= 4 is 31.3 Å². The highest BCUT2D eigenvalue weighted by molar-refractivity contribution is 8.13. The molecule has 1 rings (SSSR count). The molecular formula is C9H9ClN2O5S. The molecule has 0 aliphatic carbocycles. The van der Waals surface area contributed by atoms with E-state index in [1.54, 1.807) is 0 Å². The van der Waals surface area contributed by atoms with Crippen LogP contribution in [0.25, 0.3) is 0 Å². The van der Waals surface area contributed by atoms with Crippen molar-refractivity contribution in [3.05, 3.63) is 33.4 Å². The van der Waals surface area contributed by atoms with E-state index in [0.29, 0.717) is 0 Å². The van der Waals surface area contributed by atoms with E-state index in [9.17, 15) is 23.3 Å². The Morgan fingerprint density at radius 1 is 1.44 bits per heavy atom. The molecular weight excluding hydrogens is 284 g/mol. The van der Waals surface area contributed by atoms with Gasteiger partial charge in [-0.1, -0.05) is 0 Å². The molecule has 0 atom stereocenters. The second kappa shape index (κ2) is 4.91. The van der Waals surface area contributed by atoms with E-state index in [0.717, 1.165) is 12.1 Å². The molecule has 1 N–H and O–H groups in total. The molecule has 0 saturated carbocycles. The summed E-state index contributed by atoms with van der Waals surface area (Å²) in [6.07, 6.45) is 0. The van der Waals surface area contributed by atoms with Gasteiger partial charge >= 0.3 is 0 Å². The van der Waals surface area contributed by atoms with Gasteiger partial charge in [-0.25, -0.2) is 8.42 Å². The van der Waals surface area contributed by atoms with Crippen LogP contribution in [-0.2, 0) is 9.05 Å². The second-order valence-electron chi connectivity index (χ2n) is 3.39. The molecule has 1 aromatic carbocycles. The van der Waals surface area contributed by atoms with Gasteiger partial charge in [0.05, 0.1) is 15.4 Å². The number of nitro groups is 1. The zero-order chi connectivity index (χ0) is 14.1. The van der Waals surface area contributed by atoms with Crippen molar-refractivity contribution in [1.82, 2.24) is 5.32 Å². The highest BCUT2D eigenvalue weighted by atomic mass is 35.7. The van der Waals surface area contributed by atoms with Crippen LogP contribution in [0.4, 0.5) is 5.69 Å². The van der Waals surface area contributed by atoms with E-state index in [2.05, 4.69) is 5.32 Å². The van der Waals surface area contributed by atoms with Crippen molar-refractivity contribution in [3.63, 3.8) is 0 Å². The molecule has 0 saturated heterocycles. The molecule has 1 aromatic rings. The van der Waals surface area contributed by atoms with E-state index in [-0.39, 0.29) is 11.1 Å². The largest absolute Gasteiger partial charge is 0.355 e. The number of amides is 1. The number of rotatable bonds is 3. The summed E-state index contributed by atoms with van der Waals surface area (Å²) in [5.74, 6) is -0.627. The van der Waals surface area contributed by atoms with Gasteiger partial charge in [0, 0.05) is 29.4 Å². The topological polar surface area (TPSA) is 106 Å². The number of hydrogen-bond donors (Lipinski definition) is 1. The molecule has 0 aliphatic heterocycles. The van der Waals surface area contributed by atoms with E-state index in [1.807, 2.05) is 0 Å². The van der Waals surface area contributed by atoms with Gasteiger partial charge in [0.15, 0.2) is 0 Å². The highest BCUT2D eigenvalue weighted by Crippen LogP contribution is 2.28. The Bertz CT molecular complexity index is 626. The van der Waals surface area contributed by atoms with Crippen molar-refractivity contribution in [2.24, 2.45) is 0 Å². The standard InChI is InChI=1S/C9H9ClN2O5S/c1-5-7(9(13)11-2)3-6(18(10,16)17)4-8(5)12(14)15/h3-4H,1-2H3,(H,11,13). The Morgan fingerprint density at radius 2 is 2.00 bits per heavy atom. The summed E-state index contributed by atoms with van der Waals surface area (Å²) >= 11 is 0. The van der Waals surface area contributed by atoms with Gasteiger partial charge in [-0.05, 0) is 13.0 Å². The van der Waals surface area contributed by atoms with Crippen LogP contribution < -0.4 is 5.32 Å². The smallest absolute Gasteiger partial charge is 0.274 e. The maximum atomic E-state index is 11.5. The lowest BCUT2D eigenvalue weighted by molar-refractivity contribution is -0.385. The first-order valence-electron chi connectivity index (χ1n) is 4.64. The van der Waals surface area contributed by atoms with Crippen LogP contribution in [0.5, 0.6) is 0 Å². The van der Waals surface area contributed by atoms with Crippen LogP contribution in [0.1, 0.15) is 15.9 Å². The Hall–Kier alpha value is -1.67. The predicted octanol–water partition coefficient (Wildman–Crippen LogP) is 1.19. The molecule has 0 radical (unpaired) electrons. The molecule has 0 spiro atoms. The third-order valence-corrected chi connectivity index (χ3v) is 3.64. The molecule has 0 fully saturated rings. The minimum Gasteiger partial charge on any atom is -0.355 e. The van der Waals surface area contributed by atoms with Gasteiger partial charge in [-0.15, -0.1) is 0 Å². The summed E-state index contributed by atoms with van der Waals surface area (Å²) in [6.45, 7) is 1.35. The summed E-state index contributed by atoms with van der Waals surface area (Å²) in [7, 11) is 2.30. The van der Waals surface area contributed by atoms with Crippen molar-refractivity contribution in [1.29, 1.82) is 0 Å². The fourth-order valence-corrected chi connectivity index (χ4v) is 2.15. The van der Waals surface area contributed by atoms with E-state index in [1.165, 1.54) is 14.0 Å². The molecule has 9 heteroatoms. The van der Waals surface area contributed by atoms with E-state index >= 15 is 0 Å². The molecule has 0 bridgehead atoms. The molecule has 18 heavy (non-hydrogen) atoms. The highest BCUT2D eigenvalue weighted by Gasteiger charge is 2.24. The lowest BCUT2D eigenvalue weighted by atomic mass is 10.1. The fraction of sp³-hybridized carbons (Fsp3) is 0.222. The molecule has 98 valence electrons. The Kier molecular flexibility index (Phi) is 3.92. The predicted molar refractivity (Wildman–Crippen MR) is 64.3 cm³/mol. The Labute approximate surface area is 107 Å². The minimum absolute atomic E-state index is 0.0726. The number of benzene rings is 1. The zero-order valence-corrected chi connectivity index (χ0v) is 11.0. The van der Waals surface area contributed by atoms with Crippen LogP contribution in [-0.4, -0.2) is 26.3 Å². The van der Waals surface area contributed by atoms with Gasteiger partial charge < -0.3 is 5.32 Å². The van der Waals surface area contributed by atoms with Crippen molar-refractivity contribution in [2.75, 3.05) is 7.05 Å². The van der Waals surface area contributed by atoms with Gasteiger partial charge in [0.1, 0.15) is 0 Å². The Balaban J connectivity index is 3.68. The van der Waals surface area contributed by atoms with Crippen molar-refractivity contribution in [3.8, 4) is 0 Å². The third-order valence-electron chi connectivity index (χ3n) is 2.30. The average molecular weight is 293 g/mol. The summed E-state index contributed by atoms with van der Waals surface area (Å²) in [6, 6.07) is 1.83. The minimum atomic E-state index is -4.15. The first-order chi connectivity index (χ1) is 8.18. The number of carbonyl (C=O) groups excluding carboxylic acids is 1. The SMILES string of the molecule is CNC(=O)c1cc(S(=O)(=O)Cl)cc([N+](=O)[O-])c1C. The maximum absolute atomic E-state index is 11.5. The van der Waals surface area contributed by atoms with Crippen molar-refractivity contribution < 1.29 is 18.1 Å². The number of nitrogens with zero attached hydrogens (tertiary/aromatic N) is 1. The number of nitrogens with one attached hydrogen (secondary N) is 1. The normalized spacial score (nSPS) is 11.1. The first-order valence-corrected chi connectivity index (χ1v) is 6.95. The van der Waals surface area contributed by atoms with Gasteiger partial charge in [0.25, 0.3) is 20.6 Å². The number of hydrogen-bond acceptors (Lipinski definition) is 5. The molecule has 1 amide bonds. The quantitative estimate of drug-likeness (QED) is 0.511. The van der Waals surface area contributed by atoms with Gasteiger partial charge in [-0.2, -0.15) is 0 Å². The molecule has 0 unspecified atom stereocenters. The Morgan fingerprint density at radius 3 is 2.39 bits per heavy atom. The van der Waals surface area contributed by atoms with Crippen LogP contribution in [0.2, 0.25) is 0 Å². The zero-order valence-electron chi connectivity index (χ0n) is 9.43. The molecule has 7 nitrogen and oxygen atoms in total.